The number of halogens is 4. The van der Waals surface area contributed by atoms with Gasteiger partial charge in [-0.1, -0.05) is 6.07 Å². The summed E-state index contributed by atoms with van der Waals surface area (Å²) < 4.78 is 42.4. The van der Waals surface area contributed by atoms with Crippen molar-refractivity contribution in [1.29, 1.82) is 0 Å². The van der Waals surface area contributed by atoms with Crippen molar-refractivity contribution < 1.29 is 27.5 Å². The standard InChI is InChI=1S/C13H12ClF3O3S/c1-2-20-12(19)9-4-3-8(5-10(18)7-14)11(6-9)21-13(15,16)17/h3-4,6H,2,5,7H2,1H3. The molecule has 0 aliphatic carbocycles. The number of esters is 1. The van der Waals surface area contributed by atoms with Gasteiger partial charge in [-0.25, -0.2) is 4.79 Å². The van der Waals surface area contributed by atoms with Crippen LogP contribution in [0.1, 0.15) is 22.8 Å². The first-order chi connectivity index (χ1) is 9.76. The van der Waals surface area contributed by atoms with Crippen molar-refractivity contribution >= 4 is 35.1 Å². The molecule has 1 aromatic carbocycles. The van der Waals surface area contributed by atoms with E-state index in [1.807, 2.05) is 0 Å². The quantitative estimate of drug-likeness (QED) is 0.448. The number of hydrogen-bond donors (Lipinski definition) is 0. The molecule has 0 aliphatic heterocycles. The predicted octanol–water partition coefficient (Wildman–Crippen LogP) is 3.83. The van der Waals surface area contributed by atoms with Crippen LogP contribution in [-0.2, 0) is 16.0 Å². The van der Waals surface area contributed by atoms with Gasteiger partial charge in [0.05, 0.1) is 18.1 Å². The normalized spacial score (nSPS) is 11.3. The highest BCUT2D eigenvalue weighted by Gasteiger charge is 2.31. The van der Waals surface area contributed by atoms with Crippen LogP contribution < -0.4 is 0 Å². The third kappa shape index (κ3) is 5.97. The Morgan fingerprint density at radius 2 is 2.00 bits per heavy atom. The summed E-state index contributed by atoms with van der Waals surface area (Å²) >= 11 is 4.98. The van der Waals surface area contributed by atoms with E-state index in [9.17, 15) is 22.8 Å². The Kier molecular flexibility index (Phi) is 6.54. The van der Waals surface area contributed by atoms with E-state index in [4.69, 9.17) is 16.3 Å². The number of rotatable bonds is 6. The van der Waals surface area contributed by atoms with Crippen LogP contribution in [0.2, 0.25) is 0 Å². The summed E-state index contributed by atoms with van der Waals surface area (Å²) in [7, 11) is 0. The van der Waals surface area contributed by atoms with E-state index in [0.29, 0.717) is 0 Å². The van der Waals surface area contributed by atoms with Crippen LogP contribution in [0.15, 0.2) is 23.1 Å². The highest BCUT2D eigenvalue weighted by Crippen LogP contribution is 2.39. The molecule has 21 heavy (non-hydrogen) atoms. The van der Waals surface area contributed by atoms with Gasteiger partial charge in [-0.05, 0) is 36.4 Å². The number of ketones is 1. The lowest BCUT2D eigenvalue weighted by atomic mass is 10.1. The van der Waals surface area contributed by atoms with Gasteiger partial charge in [0, 0.05) is 11.3 Å². The van der Waals surface area contributed by atoms with Crippen LogP contribution in [-0.4, -0.2) is 29.7 Å². The zero-order valence-corrected chi connectivity index (χ0v) is 12.6. The van der Waals surface area contributed by atoms with Gasteiger partial charge in [0.2, 0.25) is 0 Å². The van der Waals surface area contributed by atoms with Gasteiger partial charge in [-0.2, -0.15) is 13.2 Å². The Balaban J connectivity index is 3.13. The van der Waals surface area contributed by atoms with Gasteiger partial charge >= 0.3 is 11.5 Å². The molecule has 0 aliphatic rings. The van der Waals surface area contributed by atoms with Gasteiger partial charge in [-0.15, -0.1) is 11.6 Å². The smallest absolute Gasteiger partial charge is 0.446 e. The first-order valence-electron chi connectivity index (χ1n) is 5.90. The maximum absolute atomic E-state index is 12.6. The highest BCUT2D eigenvalue weighted by molar-refractivity contribution is 8.00. The molecule has 0 N–H and O–H groups in total. The maximum Gasteiger partial charge on any atom is 0.446 e. The number of carbonyl (C=O) groups excluding carboxylic acids is 2. The van der Waals surface area contributed by atoms with Gasteiger partial charge in [0.1, 0.15) is 0 Å². The number of benzene rings is 1. The molecule has 0 saturated carbocycles. The third-order valence-corrected chi connectivity index (χ3v) is 3.47. The minimum absolute atomic E-state index is 0.00525. The van der Waals surface area contributed by atoms with E-state index < -0.39 is 17.3 Å². The van der Waals surface area contributed by atoms with Crippen molar-refractivity contribution in [3.8, 4) is 0 Å². The second-order valence-corrected chi connectivity index (χ2v) is 5.31. The molecular formula is C13H12ClF3O3S. The lowest BCUT2D eigenvalue weighted by Gasteiger charge is -2.12. The molecule has 3 nitrogen and oxygen atoms in total. The maximum atomic E-state index is 12.6. The van der Waals surface area contributed by atoms with Crippen LogP contribution in [0.3, 0.4) is 0 Å². The minimum atomic E-state index is -4.52. The van der Waals surface area contributed by atoms with Crippen molar-refractivity contribution in [2.75, 3.05) is 12.5 Å². The van der Waals surface area contributed by atoms with E-state index in [1.165, 1.54) is 12.1 Å². The van der Waals surface area contributed by atoms with E-state index >= 15 is 0 Å². The van der Waals surface area contributed by atoms with E-state index in [1.54, 1.807) is 6.92 Å². The van der Waals surface area contributed by atoms with Gasteiger partial charge < -0.3 is 4.74 Å². The number of alkyl halides is 4. The van der Waals surface area contributed by atoms with Crippen LogP contribution in [0.4, 0.5) is 13.2 Å². The van der Waals surface area contributed by atoms with Gasteiger partial charge in [-0.3, -0.25) is 4.79 Å². The molecule has 0 aromatic heterocycles. The molecule has 0 unspecified atom stereocenters. The number of ether oxygens (including phenoxy) is 1. The molecule has 0 bridgehead atoms. The summed E-state index contributed by atoms with van der Waals surface area (Å²) in [6.07, 6.45) is -0.217. The zero-order chi connectivity index (χ0) is 16.0. The second-order valence-electron chi connectivity index (χ2n) is 3.94. The average Bonchev–Trinajstić information content (AvgIpc) is 2.39. The summed E-state index contributed by atoms with van der Waals surface area (Å²) in [5.74, 6) is -1.39. The Bertz CT molecular complexity index is 532. The zero-order valence-electron chi connectivity index (χ0n) is 11.0. The molecule has 0 spiro atoms. The third-order valence-electron chi connectivity index (χ3n) is 2.34. The van der Waals surface area contributed by atoms with E-state index in [2.05, 4.69) is 0 Å². The van der Waals surface area contributed by atoms with Gasteiger partial charge in [0.25, 0.3) is 0 Å². The monoisotopic (exact) mass is 340 g/mol. The molecule has 0 saturated heterocycles. The van der Waals surface area contributed by atoms with Crippen molar-refractivity contribution in [3.63, 3.8) is 0 Å². The molecule has 0 atom stereocenters. The predicted molar refractivity (Wildman–Crippen MR) is 73.7 cm³/mol. The minimum Gasteiger partial charge on any atom is -0.462 e. The molecule has 0 heterocycles. The fourth-order valence-corrected chi connectivity index (χ4v) is 2.32. The fraction of sp³-hybridized carbons (Fsp3) is 0.385. The van der Waals surface area contributed by atoms with Crippen LogP contribution in [0.5, 0.6) is 0 Å². The Hall–Kier alpha value is -1.21. The number of Topliss-reactive ketones (excluding diaryl/α,β-unsaturated/α-hetero) is 1. The van der Waals surface area contributed by atoms with Crippen LogP contribution in [0, 0.1) is 0 Å². The summed E-state index contributed by atoms with van der Waals surface area (Å²) in [6.45, 7) is 1.71. The molecule has 0 radical (unpaired) electrons. The number of hydrogen-bond acceptors (Lipinski definition) is 4. The van der Waals surface area contributed by atoms with Crippen LogP contribution >= 0.6 is 23.4 Å². The molecule has 8 heteroatoms. The van der Waals surface area contributed by atoms with Crippen LogP contribution in [0.25, 0.3) is 0 Å². The molecule has 0 amide bonds. The highest BCUT2D eigenvalue weighted by atomic mass is 35.5. The first kappa shape index (κ1) is 17.8. The molecule has 1 rings (SSSR count). The molecule has 0 fully saturated rings. The van der Waals surface area contributed by atoms with Crippen molar-refractivity contribution in [2.45, 2.75) is 23.7 Å². The van der Waals surface area contributed by atoms with Gasteiger partial charge in [0.15, 0.2) is 5.78 Å². The fourth-order valence-electron chi connectivity index (χ4n) is 1.52. The summed E-state index contributed by atoms with van der Waals surface area (Å²) in [5, 5.41) is 0. The topological polar surface area (TPSA) is 43.4 Å². The summed E-state index contributed by atoms with van der Waals surface area (Å²) in [5.41, 5.74) is -4.34. The van der Waals surface area contributed by atoms with Crippen molar-refractivity contribution in [1.82, 2.24) is 0 Å². The number of thioether (sulfide) groups is 1. The second kappa shape index (κ2) is 7.70. The summed E-state index contributed by atoms with van der Waals surface area (Å²) in [6, 6.07) is 3.72. The Labute approximate surface area is 128 Å². The first-order valence-corrected chi connectivity index (χ1v) is 7.25. The van der Waals surface area contributed by atoms with E-state index in [0.717, 1.165) is 6.07 Å². The van der Waals surface area contributed by atoms with Crippen molar-refractivity contribution in [2.24, 2.45) is 0 Å². The Morgan fingerprint density at radius 1 is 1.33 bits per heavy atom. The molecule has 116 valence electrons. The SMILES string of the molecule is CCOC(=O)c1ccc(CC(=O)CCl)c(SC(F)(F)F)c1. The summed E-state index contributed by atoms with van der Waals surface area (Å²) in [4.78, 5) is 22.7. The van der Waals surface area contributed by atoms with Crippen molar-refractivity contribution in [3.05, 3.63) is 29.3 Å². The number of carbonyl (C=O) groups is 2. The lowest BCUT2D eigenvalue weighted by Crippen LogP contribution is -2.10. The lowest BCUT2D eigenvalue weighted by molar-refractivity contribution is -0.116. The molecule has 1 aromatic rings. The average molecular weight is 341 g/mol. The largest absolute Gasteiger partial charge is 0.462 e. The van der Waals surface area contributed by atoms with E-state index in [-0.39, 0.29) is 46.7 Å². The molecular weight excluding hydrogens is 329 g/mol. The Morgan fingerprint density at radius 3 is 2.52 bits per heavy atom.